The number of anilines is 1. The number of ether oxygens (including phenoxy) is 3. The number of nitrogen functional groups attached to an aromatic ring is 1. The summed E-state index contributed by atoms with van der Waals surface area (Å²) in [6.45, 7) is 4.38. The molecular weight excluding hydrogens is 262 g/mol. The summed E-state index contributed by atoms with van der Waals surface area (Å²) in [4.78, 5) is 4.18. The first-order valence-corrected chi connectivity index (χ1v) is 6.62. The van der Waals surface area contributed by atoms with E-state index in [4.69, 9.17) is 25.4 Å². The molecule has 0 amide bonds. The van der Waals surface area contributed by atoms with E-state index >= 15 is 0 Å². The number of nitrogens with two attached hydrogens (primary N) is 1. The zero-order valence-corrected chi connectivity index (χ0v) is 11.3. The Morgan fingerprint density at radius 1 is 1.50 bits per heavy atom. The number of fused-ring (bicyclic) bond motifs is 7. The van der Waals surface area contributed by atoms with Crippen LogP contribution in [-0.2, 0) is 14.2 Å². The van der Waals surface area contributed by atoms with E-state index in [2.05, 4.69) is 10.3 Å². The number of rotatable bonds is 1. The minimum absolute atomic E-state index is 0.0653. The summed E-state index contributed by atoms with van der Waals surface area (Å²) in [5.74, 6) is 0.0330. The van der Waals surface area contributed by atoms with Crippen molar-refractivity contribution in [1.82, 2.24) is 9.55 Å². The van der Waals surface area contributed by atoms with Gasteiger partial charge in [-0.1, -0.05) is 0 Å². The van der Waals surface area contributed by atoms with E-state index in [1.54, 1.807) is 6.33 Å². The number of nitrogens with one attached hydrogen (secondary N) is 2. The number of hydrogen-bond acceptors (Lipinski definition) is 6. The fourth-order valence-corrected chi connectivity index (χ4v) is 3.17. The van der Waals surface area contributed by atoms with E-state index in [1.165, 1.54) is 0 Å². The average molecular weight is 279 g/mol. The highest BCUT2D eigenvalue weighted by Gasteiger charge is 2.57. The maximum atomic E-state index is 7.57. The Balaban J connectivity index is 1.76. The molecule has 4 atom stereocenters. The van der Waals surface area contributed by atoms with Crippen molar-refractivity contribution >= 4 is 11.7 Å². The number of nitrogens with zero attached hydrogens (tertiary/aromatic N) is 2. The summed E-state index contributed by atoms with van der Waals surface area (Å²) in [6, 6.07) is 0. The van der Waals surface area contributed by atoms with E-state index in [1.807, 2.05) is 18.4 Å². The van der Waals surface area contributed by atoms with E-state index in [9.17, 15) is 0 Å². The lowest BCUT2D eigenvalue weighted by Crippen LogP contribution is -2.36. The minimum atomic E-state index is -0.607. The SMILES string of the molecule is CC1(C)OC2[C@@H](O1)[C@H]1CNc3c(C(=N)N)ncn3[C@H]2O1. The van der Waals surface area contributed by atoms with Gasteiger partial charge in [0.15, 0.2) is 12.0 Å². The summed E-state index contributed by atoms with van der Waals surface area (Å²) in [5, 5.41) is 10.8. The van der Waals surface area contributed by atoms with Crippen molar-refractivity contribution in [2.24, 2.45) is 5.73 Å². The molecule has 3 aliphatic rings. The van der Waals surface area contributed by atoms with Crippen molar-refractivity contribution in [3.63, 3.8) is 0 Å². The van der Waals surface area contributed by atoms with Gasteiger partial charge in [0, 0.05) is 6.54 Å². The second-order valence-corrected chi connectivity index (χ2v) is 5.77. The largest absolute Gasteiger partial charge is 0.382 e. The van der Waals surface area contributed by atoms with Crippen LogP contribution in [0.5, 0.6) is 0 Å². The normalized spacial score (nSPS) is 36.9. The quantitative estimate of drug-likeness (QED) is 0.494. The molecule has 2 saturated heterocycles. The molecule has 4 heterocycles. The van der Waals surface area contributed by atoms with Crippen molar-refractivity contribution in [3.05, 3.63) is 12.0 Å². The molecule has 108 valence electrons. The van der Waals surface area contributed by atoms with E-state index in [0.717, 1.165) is 0 Å². The van der Waals surface area contributed by atoms with E-state index < -0.39 is 5.79 Å². The van der Waals surface area contributed by atoms with Gasteiger partial charge < -0.3 is 25.3 Å². The molecule has 2 fully saturated rings. The van der Waals surface area contributed by atoms with Crippen molar-refractivity contribution in [2.75, 3.05) is 11.9 Å². The van der Waals surface area contributed by atoms with Crippen LogP contribution in [0.2, 0.25) is 0 Å². The molecule has 0 spiro atoms. The van der Waals surface area contributed by atoms with Crippen LogP contribution < -0.4 is 11.1 Å². The lowest BCUT2D eigenvalue weighted by atomic mass is 10.1. The number of hydrogen-bond donors (Lipinski definition) is 3. The molecule has 8 nitrogen and oxygen atoms in total. The first-order chi connectivity index (χ1) is 9.46. The summed E-state index contributed by atoms with van der Waals surface area (Å²) in [6.07, 6.45) is 0.955. The fraction of sp³-hybridized carbons (Fsp3) is 0.667. The highest BCUT2D eigenvalue weighted by molar-refractivity contribution is 5.97. The van der Waals surface area contributed by atoms with Gasteiger partial charge in [-0.3, -0.25) is 9.98 Å². The number of aromatic nitrogens is 2. The van der Waals surface area contributed by atoms with Crippen LogP contribution in [0.15, 0.2) is 6.33 Å². The van der Waals surface area contributed by atoms with Gasteiger partial charge in [-0.25, -0.2) is 4.98 Å². The maximum absolute atomic E-state index is 7.57. The Morgan fingerprint density at radius 3 is 3.00 bits per heavy atom. The van der Waals surface area contributed by atoms with Gasteiger partial charge in [-0.15, -0.1) is 0 Å². The third kappa shape index (κ3) is 1.52. The Labute approximate surface area is 115 Å². The maximum Gasteiger partial charge on any atom is 0.166 e. The molecule has 0 saturated carbocycles. The van der Waals surface area contributed by atoms with Gasteiger partial charge in [0.05, 0.1) is 6.33 Å². The Kier molecular flexibility index (Phi) is 2.25. The molecule has 20 heavy (non-hydrogen) atoms. The zero-order chi connectivity index (χ0) is 14.1. The average Bonchev–Trinajstić information content (AvgIpc) is 2.94. The van der Waals surface area contributed by atoms with Crippen molar-refractivity contribution in [2.45, 2.75) is 44.2 Å². The molecule has 0 radical (unpaired) electrons. The Bertz CT molecular complexity index is 584. The van der Waals surface area contributed by atoms with E-state index in [-0.39, 0.29) is 30.4 Å². The van der Waals surface area contributed by atoms with Crippen LogP contribution in [0.3, 0.4) is 0 Å². The summed E-state index contributed by atoms with van der Waals surface area (Å²) in [7, 11) is 0. The van der Waals surface area contributed by atoms with Crippen molar-refractivity contribution in [1.29, 1.82) is 5.41 Å². The highest BCUT2D eigenvalue weighted by atomic mass is 16.8. The molecule has 4 N–H and O–H groups in total. The van der Waals surface area contributed by atoms with Crippen LogP contribution >= 0.6 is 0 Å². The first kappa shape index (κ1) is 12.1. The van der Waals surface area contributed by atoms with Gasteiger partial charge in [-0.2, -0.15) is 0 Å². The minimum Gasteiger partial charge on any atom is -0.382 e. The van der Waals surface area contributed by atoms with Crippen LogP contribution in [0.1, 0.15) is 25.8 Å². The fourth-order valence-electron chi connectivity index (χ4n) is 3.17. The summed E-state index contributed by atoms with van der Waals surface area (Å²) >= 11 is 0. The van der Waals surface area contributed by atoms with Gasteiger partial charge in [0.2, 0.25) is 0 Å². The smallest absolute Gasteiger partial charge is 0.166 e. The van der Waals surface area contributed by atoms with Gasteiger partial charge in [-0.05, 0) is 13.8 Å². The standard InChI is InChI=1S/C12H17N5O3/c1-12(2)19-7-5-3-15-10-6(9(13)14)16-4-17(10)11(18-5)8(7)20-12/h4-5,7-8,11,15H,3H2,1-2H3,(H3,13,14)/t5-,7+,8?,11+/m1/s1. The third-order valence-corrected chi connectivity index (χ3v) is 3.92. The monoisotopic (exact) mass is 279 g/mol. The van der Waals surface area contributed by atoms with Crippen LogP contribution in [0.4, 0.5) is 5.82 Å². The zero-order valence-electron chi connectivity index (χ0n) is 11.3. The molecule has 2 bridgehead atoms. The molecule has 1 aromatic rings. The van der Waals surface area contributed by atoms with Gasteiger partial charge >= 0.3 is 0 Å². The summed E-state index contributed by atoms with van der Waals surface area (Å²) < 4.78 is 19.7. The lowest BCUT2D eigenvalue weighted by molar-refractivity contribution is -0.193. The molecule has 8 heteroatoms. The molecule has 3 aliphatic heterocycles. The second kappa shape index (κ2) is 3.72. The van der Waals surface area contributed by atoms with Crippen molar-refractivity contribution < 1.29 is 14.2 Å². The Morgan fingerprint density at radius 2 is 2.25 bits per heavy atom. The molecule has 0 aliphatic carbocycles. The lowest BCUT2D eigenvalue weighted by Gasteiger charge is -2.23. The molecule has 1 aromatic heterocycles. The molecule has 0 aromatic carbocycles. The summed E-state index contributed by atoms with van der Waals surface area (Å²) in [5.41, 5.74) is 5.99. The molecular formula is C12H17N5O3. The van der Waals surface area contributed by atoms with Gasteiger partial charge in [0.1, 0.15) is 35.7 Å². The topological polar surface area (TPSA) is 107 Å². The predicted molar refractivity (Wildman–Crippen MR) is 69.5 cm³/mol. The van der Waals surface area contributed by atoms with Crippen molar-refractivity contribution in [3.8, 4) is 0 Å². The first-order valence-electron chi connectivity index (χ1n) is 6.62. The highest BCUT2D eigenvalue weighted by Crippen LogP contribution is 2.45. The van der Waals surface area contributed by atoms with Gasteiger partial charge in [0.25, 0.3) is 0 Å². The van der Waals surface area contributed by atoms with Crippen LogP contribution in [-0.4, -0.2) is 46.0 Å². The number of imidazole rings is 1. The van der Waals surface area contributed by atoms with Crippen LogP contribution in [0.25, 0.3) is 0 Å². The molecule has 4 rings (SSSR count). The Hall–Kier alpha value is -1.64. The second-order valence-electron chi connectivity index (χ2n) is 5.77. The number of amidine groups is 1. The predicted octanol–water partition coefficient (Wildman–Crippen LogP) is 0.0102. The van der Waals surface area contributed by atoms with E-state index in [0.29, 0.717) is 18.1 Å². The molecule has 1 unspecified atom stereocenters. The van der Waals surface area contributed by atoms with Crippen LogP contribution in [0, 0.1) is 5.41 Å². The third-order valence-electron chi connectivity index (χ3n) is 3.92.